The summed E-state index contributed by atoms with van der Waals surface area (Å²) < 4.78 is 4.96. The highest BCUT2D eigenvalue weighted by Crippen LogP contribution is 2.27. The van der Waals surface area contributed by atoms with E-state index >= 15 is 0 Å². The first-order chi connectivity index (χ1) is 6.72. The fourth-order valence-corrected chi connectivity index (χ4v) is 2.10. The second-order valence-electron chi connectivity index (χ2n) is 4.28. The number of hydrogen-bond acceptors (Lipinski definition) is 2. The van der Waals surface area contributed by atoms with Crippen LogP contribution in [-0.2, 0) is 9.53 Å². The summed E-state index contributed by atoms with van der Waals surface area (Å²) in [6, 6.07) is 0.133. The number of carbonyl (C=O) groups excluding carboxylic acids is 1. The molecule has 0 aromatic carbocycles. The zero-order valence-electron chi connectivity index (χ0n) is 9.21. The van der Waals surface area contributed by atoms with Crippen LogP contribution in [0.2, 0.25) is 0 Å². The summed E-state index contributed by atoms with van der Waals surface area (Å²) in [6.07, 6.45) is 5.75. The molecule has 0 aliphatic heterocycles. The molecule has 0 spiro atoms. The fraction of sp³-hybridized carbons (Fsp3) is 0.909. The number of carbonyl (C=O) groups is 1. The first kappa shape index (κ1) is 11.5. The van der Waals surface area contributed by atoms with Crippen molar-refractivity contribution in [3.63, 3.8) is 0 Å². The van der Waals surface area contributed by atoms with Gasteiger partial charge in [-0.1, -0.05) is 12.8 Å². The molecule has 0 aromatic rings. The number of hydrogen-bond donors (Lipinski definition) is 1. The Morgan fingerprint density at radius 2 is 2.14 bits per heavy atom. The zero-order valence-corrected chi connectivity index (χ0v) is 9.21. The lowest BCUT2D eigenvalue weighted by atomic mass is 10.0. The van der Waals surface area contributed by atoms with Gasteiger partial charge in [-0.05, 0) is 25.7 Å². The van der Waals surface area contributed by atoms with Crippen LogP contribution in [0, 0.1) is 5.92 Å². The Hall–Kier alpha value is -0.570. The second kappa shape index (κ2) is 6.02. The molecule has 1 amide bonds. The lowest BCUT2D eigenvalue weighted by Gasteiger charge is -2.14. The lowest BCUT2D eigenvalue weighted by molar-refractivity contribution is -0.122. The van der Waals surface area contributed by atoms with Crippen LogP contribution in [0.25, 0.3) is 0 Å². The van der Waals surface area contributed by atoms with Crippen LogP contribution in [0.3, 0.4) is 0 Å². The maximum absolute atomic E-state index is 11.5. The van der Waals surface area contributed by atoms with E-state index in [4.69, 9.17) is 4.74 Å². The van der Waals surface area contributed by atoms with Crippen LogP contribution in [0.15, 0.2) is 0 Å². The Morgan fingerprint density at radius 1 is 1.50 bits per heavy atom. The van der Waals surface area contributed by atoms with E-state index < -0.39 is 0 Å². The molecule has 82 valence electrons. The van der Waals surface area contributed by atoms with Gasteiger partial charge in [0.1, 0.15) is 0 Å². The van der Waals surface area contributed by atoms with Crippen molar-refractivity contribution in [3.8, 4) is 0 Å². The average molecular weight is 199 g/mol. The van der Waals surface area contributed by atoms with E-state index in [1.54, 1.807) is 7.11 Å². The van der Waals surface area contributed by atoms with Gasteiger partial charge in [-0.15, -0.1) is 0 Å². The normalized spacial score (nSPS) is 19.6. The maximum Gasteiger partial charge on any atom is 0.220 e. The van der Waals surface area contributed by atoms with Crippen molar-refractivity contribution in [1.29, 1.82) is 0 Å². The van der Waals surface area contributed by atoms with Crippen molar-refractivity contribution in [2.75, 3.05) is 13.7 Å². The smallest absolute Gasteiger partial charge is 0.220 e. The highest BCUT2D eigenvalue weighted by molar-refractivity contribution is 5.76. The zero-order chi connectivity index (χ0) is 10.4. The molecular formula is C11H21NO2. The number of ether oxygens (including phenoxy) is 1. The predicted octanol–water partition coefficient (Wildman–Crippen LogP) is 1.72. The Bertz CT molecular complexity index is 176. The summed E-state index contributed by atoms with van der Waals surface area (Å²) in [5, 5.41) is 2.94. The van der Waals surface area contributed by atoms with Crippen LogP contribution in [0.5, 0.6) is 0 Å². The summed E-state index contributed by atoms with van der Waals surface area (Å²) in [5.41, 5.74) is 0. The molecule has 3 nitrogen and oxygen atoms in total. The molecule has 0 saturated heterocycles. The molecule has 1 aliphatic carbocycles. The minimum absolute atomic E-state index is 0.133. The molecule has 3 heteroatoms. The van der Waals surface area contributed by atoms with E-state index in [0.29, 0.717) is 18.9 Å². The summed E-state index contributed by atoms with van der Waals surface area (Å²) in [4.78, 5) is 11.5. The van der Waals surface area contributed by atoms with E-state index in [2.05, 4.69) is 5.32 Å². The van der Waals surface area contributed by atoms with Crippen molar-refractivity contribution in [2.45, 2.75) is 45.1 Å². The van der Waals surface area contributed by atoms with Crippen LogP contribution in [0.1, 0.15) is 39.0 Å². The number of nitrogens with one attached hydrogen (secondary N) is 1. The highest BCUT2D eigenvalue weighted by atomic mass is 16.5. The number of amides is 1. The van der Waals surface area contributed by atoms with Gasteiger partial charge in [0.15, 0.2) is 0 Å². The minimum Gasteiger partial charge on any atom is -0.383 e. The van der Waals surface area contributed by atoms with Gasteiger partial charge in [0.25, 0.3) is 0 Å². The monoisotopic (exact) mass is 199 g/mol. The average Bonchev–Trinajstić information content (AvgIpc) is 2.56. The Balaban J connectivity index is 2.14. The molecule has 1 rings (SSSR count). The van der Waals surface area contributed by atoms with Crippen molar-refractivity contribution < 1.29 is 9.53 Å². The van der Waals surface area contributed by atoms with Gasteiger partial charge in [0, 0.05) is 19.6 Å². The summed E-state index contributed by atoms with van der Waals surface area (Å²) >= 11 is 0. The van der Waals surface area contributed by atoms with Gasteiger partial charge < -0.3 is 10.1 Å². The van der Waals surface area contributed by atoms with E-state index in [-0.39, 0.29) is 11.9 Å². The van der Waals surface area contributed by atoms with Crippen molar-refractivity contribution in [1.82, 2.24) is 5.32 Å². The molecular weight excluding hydrogens is 178 g/mol. The Kier molecular flexibility index (Phi) is 4.94. The molecule has 1 saturated carbocycles. The van der Waals surface area contributed by atoms with Gasteiger partial charge in [-0.2, -0.15) is 0 Å². The maximum atomic E-state index is 11.5. The summed E-state index contributed by atoms with van der Waals surface area (Å²) in [7, 11) is 1.65. The molecule has 0 heterocycles. The van der Waals surface area contributed by atoms with Gasteiger partial charge in [-0.25, -0.2) is 0 Å². The summed E-state index contributed by atoms with van der Waals surface area (Å²) in [5.74, 6) is 0.811. The van der Waals surface area contributed by atoms with Crippen LogP contribution in [-0.4, -0.2) is 25.7 Å². The molecule has 1 unspecified atom stereocenters. The Morgan fingerprint density at radius 3 is 2.71 bits per heavy atom. The van der Waals surface area contributed by atoms with E-state index in [0.717, 1.165) is 0 Å². The van der Waals surface area contributed by atoms with Crippen molar-refractivity contribution in [3.05, 3.63) is 0 Å². The van der Waals surface area contributed by atoms with Gasteiger partial charge in [0.05, 0.1) is 6.61 Å². The molecule has 0 aromatic heterocycles. The van der Waals surface area contributed by atoms with Crippen molar-refractivity contribution in [2.24, 2.45) is 5.92 Å². The topological polar surface area (TPSA) is 38.3 Å². The van der Waals surface area contributed by atoms with Crippen LogP contribution >= 0.6 is 0 Å². The molecule has 1 fully saturated rings. The molecule has 1 aliphatic rings. The van der Waals surface area contributed by atoms with E-state index in [1.165, 1.54) is 25.7 Å². The molecule has 0 bridgehead atoms. The van der Waals surface area contributed by atoms with Crippen LogP contribution < -0.4 is 5.32 Å². The van der Waals surface area contributed by atoms with Gasteiger partial charge >= 0.3 is 0 Å². The van der Waals surface area contributed by atoms with Crippen LogP contribution in [0.4, 0.5) is 0 Å². The number of rotatable bonds is 5. The quantitative estimate of drug-likeness (QED) is 0.732. The highest BCUT2D eigenvalue weighted by Gasteiger charge is 2.18. The molecule has 0 radical (unpaired) electrons. The Labute approximate surface area is 86.2 Å². The lowest BCUT2D eigenvalue weighted by Crippen LogP contribution is -2.36. The first-order valence-corrected chi connectivity index (χ1v) is 5.50. The van der Waals surface area contributed by atoms with Crippen molar-refractivity contribution >= 4 is 5.91 Å². The second-order valence-corrected chi connectivity index (χ2v) is 4.28. The van der Waals surface area contributed by atoms with Gasteiger partial charge in [-0.3, -0.25) is 4.79 Å². The predicted molar refractivity (Wildman–Crippen MR) is 56.1 cm³/mol. The summed E-state index contributed by atoms with van der Waals surface area (Å²) in [6.45, 7) is 2.56. The van der Waals surface area contributed by atoms with Gasteiger partial charge in [0.2, 0.25) is 5.91 Å². The third-order valence-electron chi connectivity index (χ3n) is 2.77. The molecule has 14 heavy (non-hydrogen) atoms. The first-order valence-electron chi connectivity index (χ1n) is 5.50. The third-order valence-corrected chi connectivity index (χ3v) is 2.77. The molecule has 1 atom stereocenters. The van der Waals surface area contributed by atoms with E-state index in [1.807, 2.05) is 6.92 Å². The molecule has 1 N–H and O–H groups in total. The SMILES string of the molecule is COCC(C)NC(=O)CC1CCCC1. The fourth-order valence-electron chi connectivity index (χ4n) is 2.10. The van der Waals surface area contributed by atoms with E-state index in [9.17, 15) is 4.79 Å². The standard InChI is InChI=1S/C11H21NO2/c1-9(8-14-2)12-11(13)7-10-5-3-4-6-10/h9-10H,3-8H2,1-2H3,(H,12,13). The third kappa shape index (κ3) is 4.09. The largest absolute Gasteiger partial charge is 0.383 e. The minimum atomic E-state index is 0.133. The number of methoxy groups -OCH3 is 1.